The zero-order chi connectivity index (χ0) is 106. The molecule has 36 nitrogen and oxygen atoms in total. The molecule has 46 heteroatoms. The predicted octanol–water partition coefficient (Wildman–Crippen LogP) is 23.3. The summed E-state index contributed by atoms with van der Waals surface area (Å²) in [6.45, 7) is 3.57. The Bertz CT molecular complexity index is 7540. The normalized spacial score (nSPS) is 11.7. The van der Waals surface area contributed by atoms with E-state index in [2.05, 4.69) is 80.4 Å². The molecule has 1 amide bonds. The molecule has 0 radical (unpaired) electrons. The fraction of sp³-hybridized carbons (Fsp3) is 0.112. The van der Waals surface area contributed by atoms with Crippen LogP contribution >= 0.6 is 47.8 Å². The summed E-state index contributed by atoms with van der Waals surface area (Å²) < 4.78 is 104. The Balaban J connectivity index is 0.000000174. The number of hydrogen-bond acceptors (Lipinski definition) is 25. The lowest BCUT2D eigenvalue weighted by Gasteiger charge is -2.13. The van der Waals surface area contributed by atoms with E-state index in [0.29, 0.717) is 51.1 Å². The molecule has 2 aliphatic carbocycles. The van der Waals surface area contributed by atoms with Crippen molar-refractivity contribution >= 4 is 129 Å². The summed E-state index contributed by atoms with van der Waals surface area (Å²) in [4.78, 5) is 108. The van der Waals surface area contributed by atoms with E-state index in [4.69, 9.17) is 40.7 Å². The Morgan fingerprint density at radius 2 is 0.799 bits per heavy atom. The first-order valence-electron chi connectivity index (χ1n) is 41.5. The number of nitrogen functional groups attached to an aromatic ring is 1. The molecule has 0 atom stereocenters. The van der Waals surface area contributed by atoms with Gasteiger partial charge in [-0.05, 0) is 272 Å². The molecule has 742 valence electrons. The van der Waals surface area contributed by atoms with Crippen LogP contribution in [0, 0.1) is 88.1 Å². The van der Waals surface area contributed by atoms with Crippen LogP contribution in [0.1, 0.15) is 95.6 Å². The van der Waals surface area contributed by atoms with Gasteiger partial charge < -0.3 is 61.2 Å². The number of fused-ring (bicyclic) bond motifs is 2. The van der Waals surface area contributed by atoms with E-state index in [1.54, 1.807) is 19.1 Å². The Morgan fingerprint density at radius 1 is 0.417 bits per heavy atom. The summed E-state index contributed by atoms with van der Waals surface area (Å²) >= 11 is 8.68. The molecule has 13 aromatic carbocycles. The number of nitro groups is 4. The summed E-state index contributed by atoms with van der Waals surface area (Å²) in [6, 6.07) is 49.4. The molecule has 14 aromatic rings. The first-order valence-corrected chi connectivity index (χ1v) is 43.9. The summed E-state index contributed by atoms with van der Waals surface area (Å²) in [5, 5.41) is 143. The molecule has 2 heterocycles. The van der Waals surface area contributed by atoms with E-state index in [1.807, 2.05) is 31.2 Å². The highest BCUT2D eigenvalue weighted by molar-refractivity contribution is 9.11. The lowest BCUT2D eigenvalue weighted by atomic mass is 10.0. The second-order valence-electron chi connectivity index (χ2n) is 30.7. The molecular formula is C98H75Br3F7N11O25. The van der Waals surface area contributed by atoms with Crippen LogP contribution in [-0.2, 0) is 30.5 Å². The van der Waals surface area contributed by atoms with Crippen LogP contribution in [0.15, 0.2) is 258 Å². The number of aromatic carboxylic acids is 4. The number of amides is 1. The number of benzene rings is 13. The molecule has 0 fully saturated rings. The van der Waals surface area contributed by atoms with Crippen molar-refractivity contribution in [1.82, 2.24) is 9.78 Å². The zero-order valence-electron chi connectivity index (χ0n) is 74.8. The van der Waals surface area contributed by atoms with Gasteiger partial charge in [-0.1, -0.05) is 60.7 Å². The van der Waals surface area contributed by atoms with Crippen LogP contribution in [-0.4, -0.2) is 125 Å². The number of nitro benzene ring substituents is 4. The average Bonchev–Trinajstić information content (AvgIpc) is 1.74. The number of H-pyrrole nitrogens is 1. The molecule has 0 bridgehead atoms. The van der Waals surface area contributed by atoms with E-state index in [1.165, 1.54) is 162 Å². The van der Waals surface area contributed by atoms with Crippen molar-refractivity contribution in [2.75, 3.05) is 25.0 Å². The lowest BCUT2D eigenvalue weighted by molar-refractivity contribution is -0.386. The van der Waals surface area contributed by atoms with E-state index < -0.39 is 118 Å². The quantitative estimate of drug-likeness (QED) is 0.00949. The maximum atomic E-state index is 14.4. The number of hydrogen-bond donors (Lipinski definition) is 11. The van der Waals surface area contributed by atoms with E-state index >= 15 is 0 Å². The van der Waals surface area contributed by atoms with E-state index in [0.717, 1.165) is 97.7 Å². The maximum absolute atomic E-state index is 14.4. The van der Waals surface area contributed by atoms with Gasteiger partial charge in [0.1, 0.15) is 57.9 Å². The minimum Gasteiger partial charge on any atom is -0.507 e. The molecule has 0 saturated carbocycles. The largest absolute Gasteiger partial charge is 0.507 e. The number of halogens is 10. The zero-order valence-corrected chi connectivity index (χ0v) is 79.5. The minimum atomic E-state index is -1.20. The maximum Gasteiger partial charge on any atom is 0.335 e. The standard InChI is InChI=1S/C26H21FN4O4.C14H10FNO5.C13H8FNO5.C13H10FNO3.C13H14N2O.C7H5BrFNO3.C6H3BrFNO3.C6H4BrFO/c1-14-23(25(33)31(30-14)20-9-8-15-4-2-5-16(15)11-20)29-28-22-13-19(27)12-21(24(22)32)17-6-3-7-18(10-17)26(34)35;1-21-13-11(6-10(15)7-12(13)16(19)20)8-3-2-4-9(5-8)14(17)18;14-9-5-10(12(16)11(6-9)15(19)20)7-2-1-3-8(4-7)13(17)18;14-9-5-10(12(16)11(15)6-9)7-2-1-3-8(4-7)13(17)18;1-9-7-13(16)15(14-9)12-6-5-10-3-2-4-11(10)8-12;1-13-7-5(8)2-4(9)3-6(7)10(11)12;7-4-1-3(8)2-5(6(4)10)9(11)12;7-5-3-4(8)1-2-6(5)9/h3,6-13,30,32H,2,4-5H2,1H3,(H,34,35);2-7H,1H3,(H,17,18);1-6,16H,(H,17,18);1-6,16H,15H2,(H,17,18);5-6,8H,2-4,7H2,1H3;2-3H,1H3;1-2,10H;1-3,9H. The van der Waals surface area contributed by atoms with Crippen molar-refractivity contribution in [3.05, 3.63) is 380 Å². The number of carbonyl (C=O) groups excluding carboxylic acids is 1. The summed E-state index contributed by atoms with van der Waals surface area (Å²) in [5.74, 6) is -11.3. The number of methoxy groups -OCH3 is 2. The number of phenolic OH excluding ortho intramolecular Hbond substituents is 5. The van der Waals surface area contributed by atoms with Gasteiger partial charge in [0.25, 0.3) is 11.5 Å². The van der Waals surface area contributed by atoms with Gasteiger partial charge in [-0.3, -0.25) is 55.1 Å². The first-order chi connectivity index (χ1) is 68.1. The monoisotopic (exact) mass is 2180 g/mol. The number of aromatic nitrogens is 2. The first kappa shape index (κ1) is 108. The number of nitrogens with two attached hydrogens (primary N) is 1. The highest BCUT2D eigenvalue weighted by Crippen LogP contribution is 2.45. The third-order valence-electron chi connectivity index (χ3n) is 20.9. The van der Waals surface area contributed by atoms with Gasteiger partial charge in [0, 0.05) is 40.1 Å². The molecular weight excluding hydrogens is 2100 g/mol. The number of nitrogens with one attached hydrogen (secondary N) is 1. The number of phenols is 5. The summed E-state index contributed by atoms with van der Waals surface area (Å²) in [7, 11) is 2.51. The van der Waals surface area contributed by atoms with E-state index in [9.17, 15) is 120 Å². The Morgan fingerprint density at radius 3 is 1.24 bits per heavy atom. The number of aromatic hydroxyl groups is 5. The van der Waals surface area contributed by atoms with Crippen molar-refractivity contribution in [2.24, 2.45) is 15.3 Å². The SMILES string of the molecule is CC1=NN(c2ccc3c(c2)CCC3)C(=O)C1.COc1c(-c2cccc(C(=O)O)c2)cc(F)cc1[N+](=O)[O-].COc1c(Br)cc(F)cc1[N+](=O)[O-].Cc1[nH]n(-c2ccc3c(c2)CCC3)c(=O)c1N=Nc1cc(F)cc(-c2cccc(C(=O)O)c2)c1O.Nc1cc(F)cc(-c2cccc(C(=O)O)c2)c1O.O=C(O)c1cccc(-c2cc(F)cc([N+](=O)[O-])c2O)c1.O=[N+]([O-])c1cc(F)cc(Br)c1O.Oc1ccc(F)cc1Br. The highest BCUT2D eigenvalue weighted by atomic mass is 79.9. The van der Waals surface area contributed by atoms with Gasteiger partial charge in [-0.15, -0.1) is 10.2 Å². The number of hydrazone groups is 1. The molecule has 1 aliphatic heterocycles. The van der Waals surface area contributed by atoms with Crippen molar-refractivity contribution in [3.8, 4) is 90.4 Å². The number of anilines is 2. The molecule has 0 spiro atoms. The van der Waals surface area contributed by atoms with Gasteiger partial charge in [-0.25, -0.2) is 59.6 Å². The van der Waals surface area contributed by atoms with Crippen molar-refractivity contribution < 1.29 is 130 Å². The van der Waals surface area contributed by atoms with Crippen molar-refractivity contribution in [1.29, 1.82) is 0 Å². The average molecular weight is 2180 g/mol. The minimum absolute atomic E-state index is 0.00982. The molecule has 0 unspecified atom stereocenters. The number of carboxylic acids is 4. The van der Waals surface area contributed by atoms with Crippen LogP contribution in [0.2, 0.25) is 0 Å². The molecule has 0 saturated heterocycles. The topological polar surface area (TPSA) is 563 Å². The lowest BCUT2D eigenvalue weighted by Crippen LogP contribution is -2.19. The van der Waals surface area contributed by atoms with Gasteiger partial charge in [-0.2, -0.15) is 5.10 Å². The molecule has 144 heavy (non-hydrogen) atoms. The second kappa shape index (κ2) is 48.3. The number of carboxylic acid groups (broad SMARTS) is 4. The van der Waals surface area contributed by atoms with E-state index in [-0.39, 0.29) is 117 Å². The number of nitrogens with zero attached hydrogens (tertiary/aromatic N) is 9. The summed E-state index contributed by atoms with van der Waals surface area (Å²) in [5.41, 5.74) is 12.0. The van der Waals surface area contributed by atoms with Crippen LogP contribution in [0.3, 0.4) is 0 Å². The van der Waals surface area contributed by atoms with Crippen molar-refractivity contribution in [3.63, 3.8) is 0 Å². The highest BCUT2D eigenvalue weighted by Gasteiger charge is 2.29. The number of ether oxygens (including phenoxy) is 2. The van der Waals surface area contributed by atoms with Gasteiger partial charge in [0.2, 0.25) is 23.0 Å². The second-order valence-corrected chi connectivity index (χ2v) is 33.2. The number of aryl methyl sites for hydroxylation is 5. The fourth-order valence-electron chi connectivity index (χ4n) is 14.2. The fourth-order valence-corrected chi connectivity index (χ4v) is 15.6. The number of rotatable bonds is 18. The van der Waals surface area contributed by atoms with Crippen LogP contribution in [0.4, 0.5) is 76.2 Å². The molecule has 12 N–H and O–H groups in total. The molecule has 3 aliphatic rings. The van der Waals surface area contributed by atoms with Gasteiger partial charge >= 0.3 is 46.6 Å². The van der Waals surface area contributed by atoms with Crippen LogP contribution in [0.5, 0.6) is 40.2 Å². The van der Waals surface area contributed by atoms with Crippen LogP contribution in [0.25, 0.3) is 50.2 Å². The number of aromatic amines is 1. The Hall–Kier alpha value is -17.6. The smallest absolute Gasteiger partial charge is 0.335 e. The number of azo groups is 1. The number of carbonyl (C=O) groups is 5. The summed E-state index contributed by atoms with van der Waals surface area (Å²) in [6.07, 6.45) is 7.09. The Labute approximate surface area is 832 Å². The molecule has 17 rings (SSSR count). The predicted molar refractivity (Wildman–Crippen MR) is 521 cm³/mol. The molecule has 1 aromatic heterocycles. The Kier molecular flexibility index (Phi) is 36.4. The third kappa shape index (κ3) is 27.5. The van der Waals surface area contributed by atoms with Gasteiger partial charge in [0.15, 0.2) is 11.4 Å². The van der Waals surface area contributed by atoms with Crippen molar-refractivity contribution in [2.45, 2.75) is 58.8 Å². The third-order valence-corrected chi connectivity index (χ3v) is 22.7. The van der Waals surface area contributed by atoms with Crippen LogP contribution < -0.4 is 25.8 Å². The van der Waals surface area contributed by atoms with Gasteiger partial charge in [0.05, 0.1) is 123 Å².